The third-order valence-corrected chi connectivity index (χ3v) is 8.23. The van der Waals surface area contributed by atoms with Crippen molar-refractivity contribution in [2.45, 2.75) is 59.3 Å². The van der Waals surface area contributed by atoms with E-state index in [-0.39, 0.29) is 16.7 Å². The smallest absolute Gasteiger partial charge is 0.267 e. The lowest BCUT2D eigenvalue weighted by Crippen LogP contribution is -2.30. The molecule has 2 rings (SSSR count). The van der Waals surface area contributed by atoms with Gasteiger partial charge in [-0.1, -0.05) is 27.7 Å². The lowest BCUT2D eigenvalue weighted by Gasteiger charge is -2.20. The molecule has 0 spiro atoms. The molecule has 2 aromatic rings. The van der Waals surface area contributed by atoms with Crippen LogP contribution in [0.3, 0.4) is 0 Å². The average molecular weight is 424 g/mol. The second kappa shape index (κ2) is 8.71. The molecule has 0 saturated carbocycles. The Morgan fingerprint density at radius 3 is 2.29 bits per heavy atom. The summed E-state index contributed by atoms with van der Waals surface area (Å²) in [5.74, 6) is -0.0152. The topological polar surface area (TPSA) is 79.4 Å². The van der Waals surface area contributed by atoms with E-state index in [0.29, 0.717) is 29.3 Å². The van der Waals surface area contributed by atoms with Crippen LogP contribution in [-0.4, -0.2) is 36.7 Å². The molecule has 0 aliphatic heterocycles. The van der Waals surface area contributed by atoms with E-state index >= 15 is 0 Å². The molecule has 6 nitrogen and oxygen atoms in total. The zero-order chi connectivity index (χ0) is 21.2. The van der Waals surface area contributed by atoms with Gasteiger partial charge in [0.2, 0.25) is 10.0 Å². The van der Waals surface area contributed by atoms with Crippen LogP contribution in [0.2, 0.25) is 0 Å². The van der Waals surface area contributed by atoms with E-state index in [4.69, 9.17) is 0 Å². The zero-order valence-electron chi connectivity index (χ0n) is 17.6. The molecule has 1 aromatic carbocycles. The van der Waals surface area contributed by atoms with Crippen LogP contribution >= 0.6 is 11.3 Å². The number of thiazole rings is 1. The number of amides is 1. The number of benzene rings is 1. The quantitative estimate of drug-likeness (QED) is 0.712. The van der Waals surface area contributed by atoms with Gasteiger partial charge in [-0.05, 0) is 44.0 Å². The van der Waals surface area contributed by atoms with Crippen LogP contribution in [0.25, 0.3) is 0 Å². The Bertz CT molecular complexity index is 975. The molecule has 0 radical (unpaired) electrons. The first-order valence-electron chi connectivity index (χ1n) is 9.42. The minimum atomic E-state index is -3.61. The van der Waals surface area contributed by atoms with Gasteiger partial charge in [-0.3, -0.25) is 4.79 Å². The lowest BCUT2D eigenvalue weighted by atomic mass is 10.1. The highest BCUT2D eigenvalue weighted by Gasteiger charge is 2.24. The van der Waals surface area contributed by atoms with Gasteiger partial charge in [0.1, 0.15) is 4.88 Å². The maximum absolute atomic E-state index is 12.9. The van der Waals surface area contributed by atoms with E-state index in [1.807, 2.05) is 48.5 Å². The Kier molecular flexibility index (Phi) is 7.01. The van der Waals surface area contributed by atoms with Crippen LogP contribution in [0.1, 0.15) is 65.1 Å². The van der Waals surface area contributed by atoms with Gasteiger partial charge in [0.05, 0.1) is 15.6 Å². The maximum Gasteiger partial charge on any atom is 0.267 e. The van der Waals surface area contributed by atoms with Crippen LogP contribution in [0.5, 0.6) is 0 Å². The van der Waals surface area contributed by atoms with Gasteiger partial charge in [0.25, 0.3) is 5.91 Å². The molecule has 0 aliphatic carbocycles. The Hall–Kier alpha value is -1.77. The van der Waals surface area contributed by atoms with E-state index in [0.717, 1.165) is 16.1 Å². The van der Waals surface area contributed by atoms with Crippen LogP contribution in [0.15, 0.2) is 17.0 Å². The molecule has 1 aromatic heterocycles. The molecule has 1 amide bonds. The number of hydrogen-bond donors (Lipinski definition) is 1. The number of carbonyl (C=O) groups excluding carboxylic acids is 1. The highest BCUT2D eigenvalue weighted by Crippen LogP contribution is 2.29. The Morgan fingerprint density at radius 1 is 1.18 bits per heavy atom. The minimum Gasteiger partial charge on any atom is -0.321 e. The van der Waals surface area contributed by atoms with Gasteiger partial charge in [-0.25, -0.2) is 13.4 Å². The summed E-state index contributed by atoms with van der Waals surface area (Å²) in [6, 6.07) is 3.21. The first-order valence-corrected chi connectivity index (χ1v) is 11.7. The van der Waals surface area contributed by atoms with Gasteiger partial charge in [0.15, 0.2) is 0 Å². The summed E-state index contributed by atoms with van der Waals surface area (Å²) in [5.41, 5.74) is 2.85. The zero-order valence-corrected chi connectivity index (χ0v) is 19.2. The number of rotatable bonds is 7. The summed E-state index contributed by atoms with van der Waals surface area (Å²) in [7, 11) is -3.61. The maximum atomic E-state index is 12.9. The van der Waals surface area contributed by atoms with Crippen molar-refractivity contribution >= 4 is 33.0 Å². The first-order chi connectivity index (χ1) is 13.0. The summed E-state index contributed by atoms with van der Waals surface area (Å²) in [6.07, 6.45) is 0. The minimum absolute atomic E-state index is 0.193. The van der Waals surface area contributed by atoms with Crippen molar-refractivity contribution < 1.29 is 13.2 Å². The second-order valence-electron chi connectivity index (χ2n) is 7.08. The van der Waals surface area contributed by atoms with Crippen LogP contribution in [0.4, 0.5) is 5.69 Å². The van der Waals surface area contributed by atoms with Gasteiger partial charge < -0.3 is 5.32 Å². The molecule has 1 N–H and O–H groups in total. The Balaban J connectivity index is 2.44. The van der Waals surface area contributed by atoms with E-state index in [1.165, 1.54) is 15.6 Å². The van der Waals surface area contributed by atoms with Crippen molar-refractivity contribution in [3.05, 3.63) is 38.8 Å². The van der Waals surface area contributed by atoms with E-state index in [1.54, 1.807) is 12.1 Å². The van der Waals surface area contributed by atoms with Gasteiger partial charge in [-0.15, -0.1) is 11.3 Å². The highest BCUT2D eigenvalue weighted by molar-refractivity contribution is 7.89. The molecular formula is C20H29N3O3S2. The fraction of sp³-hybridized carbons (Fsp3) is 0.500. The predicted molar refractivity (Wildman–Crippen MR) is 115 cm³/mol. The molecule has 0 bridgehead atoms. The van der Waals surface area contributed by atoms with E-state index in [9.17, 15) is 13.2 Å². The SMILES string of the molecule is CCN(CC)S(=O)(=O)c1cc(C)c(C)c(NC(=O)c2sc(C(C)C)nc2C)c1. The first kappa shape index (κ1) is 22.5. The molecule has 0 fully saturated rings. The molecule has 1 heterocycles. The third kappa shape index (κ3) is 4.45. The number of sulfonamides is 1. The molecule has 0 atom stereocenters. The Morgan fingerprint density at radius 2 is 1.79 bits per heavy atom. The standard InChI is InChI=1S/C20H29N3O3S2/c1-8-23(9-2)28(25,26)16-10-13(5)14(6)17(11-16)22-19(24)18-15(7)21-20(27-18)12(3)4/h10-12H,8-9H2,1-7H3,(H,22,24). The number of anilines is 1. The molecule has 154 valence electrons. The van der Waals surface area contributed by atoms with Crippen molar-refractivity contribution in [1.82, 2.24) is 9.29 Å². The van der Waals surface area contributed by atoms with Crippen LogP contribution < -0.4 is 5.32 Å². The summed E-state index contributed by atoms with van der Waals surface area (Å²) >= 11 is 1.38. The molecule has 8 heteroatoms. The summed E-state index contributed by atoms with van der Waals surface area (Å²) < 4.78 is 27.2. The number of aryl methyl sites for hydroxylation is 2. The number of nitrogens with zero attached hydrogens (tertiary/aromatic N) is 2. The van der Waals surface area contributed by atoms with Crippen molar-refractivity contribution in [2.75, 3.05) is 18.4 Å². The monoisotopic (exact) mass is 423 g/mol. The van der Waals surface area contributed by atoms with Crippen molar-refractivity contribution in [2.24, 2.45) is 0 Å². The van der Waals surface area contributed by atoms with Crippen LogP contribution in [0, 0.1) is 20.8 Å². The van der Waals surface area contributed by atoms with Crippen molar-refractivity contribution in [1.29, 1.82) is 0 Å². The van der Waals surface area contributed by atoms with Gasteiger partial charge in [0, 0.05) is 24.7 Å². The largest absolute Gasteiger partial charge is 0.321 e. The number of hydrogen-bond acceptors (Lipinski definition) is 5. The summed E-state index contributed by atoms with van der Waals surface area (Å²) in [4.78, 5) is 18.1. The van der Waals surface area contributed by atoms with E-state index in [2.05, 4.69) is 10.3 Å². The predicted octanol–water partition coefficient (Wildman–Crippen LogP) is 4.47. The second-order valence-corrected chi connectivity index (χ2v) is 10.0. The normalized spacial score (nSPS) is 12.0. The molecule has 28 heavy (non-hydrogen) atoms. The number of aromatic nitrogens is 1. The number of carbonyl (C=O) groups is 1. The average Bonchev–Trinajstić information content (AvgIpc) is 3.01. The third-order valence-electron chi connectivity index (χ3n) is 4.75. The van der Waals surface area contributed by atoms with Gasteiger partial charge >= 0.3 is 0 Å². The molecule has 0 unspecified atom stereocenters. The number of nitrogens with one attached hydrogen (secondary N) is 1. The summed E-state index contributed by atoms with van der Waals surface area (Å²) in [5, 5.41) is 3.81. The van der Waals surface area contributed by atoms with Crippen LogP contribution in [-0.2, 0) is 10.0 Å². The molecular weight excluding hydrogens is 394 g/mol. The highest BCUT2D eigenvalue weighted by atomic mass is 32.2. The fourth-order valence-electron chi connectivity index (χ4n) is 2.87. The van der Waals surface area contributed by atoms with E-state index < -0.39 is 10.0 Å². The molecule has 0 saturated heterocycles. The summed E-state index contributed by atoms with van der Waals surface area (Å²) in [6.45, 7) is 14.0. The lowest BCUT2D eigenvalue weighted by molar-refractivity contribution is 0.102. The van der Waals surface area contributed by atoms with Crippen molar-refractivity contribution in [3.8, 4) is 0 Å². The molecule has 0 aliphatic rings. The fourth-order valence-corrected chi connectivity index (χ4v) is 5.41. The Labute approximate surface area is 172 Å². The van der Waals surface area contributed by atoms with Crippen molar-refractivity contribution in [3.63, 3.8) is 0 Å². The van der Waals surface area contributed by atoms with Gasteiger partial charge in [-0.2, -0.15) is 4.31 Å².